The Kier molecular flexibility index (Phi) is 2.86. The topological polar surface area (TPSA) is 75.8 Å². The van der Waals surface area contributed by atoms with E-state index in [4.69, 9.17) is 15.4 Å². The van der Waals surface area contributed by atoms with Gasteiger partial charge in [0.25, 0.3) is 5.22 Å². The molecule has 19 heavy (non-hydrogen) atoms. The molecule has 0 spiro atoms. The number of benzene rings is 2. The van der Waals surface area contributed by atoms with Gasteiger partial charge in [-0.15, -0.1) is 0 Å². The molecule has 0 fully saturated rings. The Labute approximate surface area is 113 Å². The van der Waals surface area contributed by atoms with Crippen molar-refractivity contribution < 1.29 is 4.42 Å². The number of fused-ring (bicyclic) bond motifs is 1. The average molecular weight is 267 g/mol. The Morgan fingerprint density at radius 3 is 2.68 bits per heavy atom. The van der Waals surface area contributed by atoms with Crippen molar-refractivity contribution in [1.29, 1.82) is 5.26 Å². The molecule has 4 nitrogen and oxygen atoms in total. The largest absolute Gasteiger partial charge is 0.431 e. The highest BCUT2D eigenvalue weighted by Gasteiger charge is 2.07. The monoisotopic (exact) mass is 267 g/mol. The fraction of sp³-hybridized carbons (Fsp3) is 0. The van der Waals surface area contributed by atoms with E-state index in [0.717, 1.165) is 10.4 Å². The summed E-state index contributed by atoms with van der Waals surface area (Å²) in [5.74, 6) is 0. The van der Waals surface area contributed by atoms with Gasteiger partial charge in [-0.3, -0.25) is 0 Å². The Bertz CT molecular complexity index is 771. The zero-order valence-electron chi connectivity index (χ0n) is 9.83. The fourth-order valence-corrected chi connectivity index (χ4v) is 2.41. The zero-order valence-corrected chi connectivity index (χ0v) is 10.6. The molecule has 2 aromatic carbocycles. The summed E-state index contributed by atoms with van der Waals surface area (Å²) < 4.78 is 5.62. The molecule has 2 N–H and O–H groups in total. The molecule has 0 unspecified atom stereocenters. The molecule has 0 aliphatic heterocycles. The van der Waals surface area contributed by atoms with Crippen LogP contribution in [0, 0.1) is 11.3 Å². The fourth-order valence-electron chi connectivity index (χ4n) is 1.66. The highest BCUT2D eigenvalue weighted by atomic mass is 32.2. The molecule has 3 aromatic rings. The van der Waals surface area contributed by atoms with E-state index in [9.17, 15) is 0 Å². The van der Waals surface area contributed by atoms with Crippen molar-refractivity contribution in [2.75, 3.05) is 5.73 Å². The van der Waals surface area contributed by atoms with Crippen LogP contribution in [0.25, 0.3) is 11.1 Å². The number of hydrogen-bond donors (Lipinski definition) is 1. The maximum Gasteiger partial charge on any atom is 0.261 e. The standard InChI is InChI=1S/C14H9N3OS/c15-8-9-1-4-11(5-2-9)19-14-17-12-6-3-10(16)7-13(12)18-14/h1-7H,16H2. The molecule has 0 bridgehead atoms. The van der Waals surface area contributed by atoms with E-state index in [1.54, 1.807) is 24.3 Å². The summed E-state index contributed by atoms with van der Waals surface area (Å²) in [5, 5.41) is 9.30. The maximum atomic E-state index is 8.74. The second kappa shape index (κ2) is 4.67. The van der Waals surface area contributed by atoms with Gasteiger partial charge >= 0.3 is 0 Å². The molecule has 1 heterocycles. The molecule has 0 atom stereocenters. The van der Waals surface area contributed by atoms with Gasteiger partial charge in [0.05, 0.1) is 11.6 Å². The SMILES string of the molecule is N#Cc1ccc(Sc2nc3ccc(N)cc3o2)cc1. The van der Waals surface area contributed by atoms with Crippen LogP contribution in [0.1, 0.15) is 5.56 Å². The van der Waals surface area contributed by atoms with Gasteiger partial charge in [0, 0.05) is 16.6 Å². The summed E-state index contributed by atoms with van der Waals surface area (Å²) in [5.41, 5.74) is 8.44. The summed E-state index contributed by atoms with van der Waals surface area (Å²) in [6.45, 7) is 0. The molecule has 3 rings (SSSR count). The third-order valence-corrected chi connectivity index (χ3v) is 3.44. The lowest BCUT2D eigenvalue weighted by Gasteiger charge is -1.95. The van der Waals surface area contributed by atoms with Crippen molar-refractivity contribution in [3.8, 4) is 6.07 Å². The molecular weight excluding hydrogens is 258 g/mol. The lowest BCUT2D eigenvalue weighted by atomic mass is 10.2. The lowest BCUT2D eigenvalue weighted by molar-refractivity contribution is 0.489. The lowest BCUT2D eigenvalue weighted by Crippen LogP contribution is -1.81. The van der Waals surface area contributed by atoms with Crippen LogP contribution < -0.4 is 5.73 Å². The molecule has 0 radical (unpaired) electrons. The van der Waals surface area contributed by atoms with Gasteiger partial charge in [0.15, 0.2) is 5.58 Å². The first-order chi connectivity index (χ1) is 9.24. The van der Waals surface area contributed by atoms with Crippen LogP contribution in [0.4, 0.5) is 5.69 Å². The third kappa shape index (κ3) is 2.39. The van der Waals surface area contributed by atoms with Gasteiger partial charge in [0.2, 0.25) is 0 Å². The average Bonchev–Trinajstić information content (AvgIpc) is 2.81. The summed E-state index contributed by atoms with van der Waals surface area (Å²) in [7, 11) is 0. The van der Waals surface area contributed by atoms with Crippen molar-refractivity contribution in [1.82, 2.24) is 4.98 Å². The smallest absolute Gasteiger partial charge is 0.261 e. The van der Waals surface area contributed by atoms with Crippen LogP contribution in [0.2, 0.25) is 0 Å². The number of nitrogen functional groups attached to an aromatic ring is 1. The Hall–Kier alpha value is -2.45. The summed E-state index contributed by atoms with van der Waals surface area (Å²) in [6.07, 6.45) is 0. The van der Waals surface area contributed by atoms with Gasteiger partial charge in [-0.1, -0.05) is 0 Å². The maximum absolute atomic E-state index is 8.74. The first-order valence-electron chi connectivity index (χ1n) is 5.59. The highest BCUT2D eigenvalue weighted by Crippen LogP contribution is 2.30. The second-order valence-corrected chi connectivity index (χ2v) is 4.97. The number of nitriles is 1. The number of nitrogens with two attached hydrogens (primary N) is 1. The third-order valence-electron chi connectivity index (χ3n) is 2.58. The predicted octanol–water partition coefficient (Wildman–Crippen LogP) is 3.43. The molecule has 5 heteroatoms. The Balaban J connectivity index is 1.90. The molecular formula is C14H9N3OS. The molecule has 0 saturated heterocycles. The van der Waals surface area contributed by atoms with Gasteiger partial charge in [-0.2, -0.15) is 5.26 Å². The van der Waals surface area contributed by atoms with E-state index >= 15 is 0 Å². The van der Waals surface area contributed by atoms with Crippen molar-refractivity contribution in [2.24, 2.45) is 0 Å². The van der Waals surface area contributed by atoms with E-state index in [1.807, 2.05) is 18.2 Å². The highest BCUT2D eigenvalue weighted by molar-refractivity contribution is 7.99. The van der Waals surface area contributed by atoms with Crippen LogP contribution in [-0.2, 0) is 0 Å². The number of hydrogen-bond acceptors (Lipinski definition) is 5. The van der Waals surface area contributed by atoms with E-state index in [-0.39, 0.29) is 0 Å². The van der Waals surface area contributed by atoms with E-state index < -0.39 is 0 Å². The number of nitrogens with zero attached hydrogens (tertiary/aromatic N) is 2. The van der Waals surface area contributed by atoms with Crippen molar-refractivity contribution in [3.63, 3.8) is 0 Å². The van der Waals surface area contributed by atoms with Gasteiger partial charge in [0.1, 0.15) is 5.52 Å². The van der Waals surface area contributed by atoms with Crippen LogP contribution in [0.5, 0.6) is 0 Å². The normalized spacial score (nSPS) is 10.5. The van der Waals surface area contributed by atoms with Crippen LogP contribution >= 0.6 is 11.8 Å². The van der Waals surface area contributed by atoms with E-state index in [0.29, 0.717) is 22.1 Å². The minimum Gasteiger partial charge on any atom is -0.431 e. The van der Waals surface area contributed by atoms with Crippen LogP contribution in [0.3, 0.4) is 0 Å². The molecule has 92 valence electrons. The minimum absolute atomic E-state index is 0.560. The number of anilines is 1. The Morgan fingerprint density at radius 1 is 1.16 bits per heavy atom. The summed E-state index contributed by atoms with van der Waals surface area (Å²) in [4.78, 5) is 5.34. The van der Waals surface area contributed by atoms with Crippen molar-refractivity contribution >= 4 is 28.5 Å². The number of rotatable bonds is 2. The van der Waals surface area contributed by atoms with E-state index in [1.165, 1.54) is 11.8 Å². The first-order valence-corrected chi connectivity index (χ1v) is 6.40. The van der Waals surface area contributed by atoms with Crippen LogP contribution in [0.15, 0.2) is 57.0 Å². The quantitative estimate of drug-likeness (QED) is 0.720. The predicted molar refractivity (Wildman–Crippen MR) is 73.7 cm³/mol. The molecule has 0 saturated carbocycles. The van der Waals surface area contributed by atoms with E-state index in [2.05, 4.69) is 11.1 Å². The van der Waals surface area contributed by atoms with Gasteiger partial charge in [-0.05, 0) is 48.2 Å². The first kappa shape index (κ1) is 11.6. The molecule has 1 aromatic heterocycles. The number of oxazole rings is 1. The molecule has 0 aliphatic rings. The second-order valence-electron chi connectivity index (χ2n) is 3.95. The van der Waals surface area contributed by atoms with Crippen molar-refractivity contribution in [2.45, 2.75) is 10.1 Å². The van der Waals surface area contributed by atoms with Crippen molar-refractivity contribution in [3.05, 3.63) is 48.0 Å². The van der Waals surface area contributed by atoms with Gasteiger partial charge < -0.3 is 10.2 Å². The van der Waals surface area contributed by atoms with Crippen LogP contribution in [-0.4, -0.2) is 4.98 Å². The molecule has 0 aliphatic carbocycles. The summed E-state index contributed by atoms with van der Waals surface area (Å²) >= 11 is 1.41. The molecule has 0 amide bonds. The summed E-state index contributed by atoms with van der Waals surface area (Å²) in [6, 6.07) is 14.7. The Morgan fingerprint density at radius 2 is 1.95 bits per heavy atom. The zero-order chi connectivity index (χ0) is 13.2. The minimum atomic E-state index is 0.560. The van der Waals surface area contributed by atoms with Gasteiger partial charge in [-0.25, -0.2) is 4.98 Å². The number of aromatic nitrogens is 1.